The van der Waals surface area contributed by atoms with Crippen LogP contribution < -0.4 is 4.74 Å². The van der Waals surface area contributed by atoms with Gasteiger partial charge in [0.15, 0.2) is 5.82 Å². The summed E-state index contributed by atoms with van der Waals surface area (Å²) in [5.41, 5.74) is 3.52. The molecule has 0 aliphatic carbocycles. The molecule has 0 bridgehead atoms. The zero-order valence-electron chi connectivity index (χ0n) is 15.8. The van der Waals surface area contributed by atoms with Crippen molar-refractivity contribution in [1.82, 2.24) is 19.7 Å². The molecule has 2 heterocycles. The SMILES string of the molecule is COc1ccc(Cl)cc1-c1nc(S/C(=C\c2cc(C)n(C)c2C)C(=O)O)n[nH]1. The number of halogens is 1. The number of carbonyl (C=O) groups is 1. The second kappa shape index (κ2) is 8.12. The zero-order chi connectivity index (χ0) is 20.4. The van der Waals surface area contributed by atoms with E-state index in [1.54, 1.807) is 31.4 Å². The van der Waals surface area contributed by atoms with Crippen molar-refractivity contribution in [1.29, 1.82) is 0 Å². The number of aromatic nitrogens is 4. The van der Waals surface area contributed by atoms with Gasteiger partial charge in [0.05, 0.1) is 12.7 Å². The maximum Gasteiger partial charge on any atom is 0.342 e. The Morgan fingerprint density at radius 1 is 1.36 bits per heavy atom. The van der Waals surface area contributed by atoms with E-state index in [1.165, 1.54) is 0 Å². The number of carboxylic acid groups (broad SMARTS) is 1. The number of aromatic amines is 1. The van der Waals surface area contributed by atoms with Crippen molar-refractivity contribution in [3.8, 4) is 17.1 Å². The lowest BCUT2D eigenvalue weighted by Gasteiger charge is -2.05. The van der Waals surface area contributed by atoms with Crippen molar-refractivity contribution in [3.63, 3.8) is 0 Å². The third-order valence-corrected chi connectivity index (χ3v) is 5.51. The highest BCUT2D eigenvalue weighted by molar-refractivity contribution is 8.04. The van der Waals surface area contributed by atoms with Gasteiger partial charge in [-0.05, 0) is 61.5 Å². The monoisotopic (exact) mass is 418 g/mol. The number of aliphatic carboxylic acids is 1. The second-order valence-corrected chi connectivity index (χ2v) is 7.56. The van der Waals surface area contributed by atoms with Gasteiger partial charge in [-0.1, -0.05) is 11.6 Å². The number of ether oxygens (including phenoxy) is 1. The summed E-state index contributed by atoms with van der Waals surface area (Å²) in [5.74, 6) is -0.0163. The molecule has 0 aliphatic rings. The molecular weight excluding hydrogens is 400 g/mol. The number of hydrogen-bond acceptors (Lipinski definition) is 5. The molecule has 0 saturated carbocycles. The van der Waals surface area contributed by atoms with Gasteiger partial charge >= 0.3 is 5.97 Å². The molecule has 28 heavy (non-hydrogen) atoms. The first kappa shape index (κ1) is 20.0. The minimum Gasteiger partial charge on any atom is -0.496 e. The van der Waals surface area contributed by atoms with E-state index in [-0.39, 0.29) is 10.1 Å². The van der Waals surface area contributed by atoms with Crippen LogP contribution in [0.25, 0.3) is 17.5 Å². The van der Waals surface area contributed by atoms with Crippen molar-refractivity contribution < 1.29 is 14.6 Å². The summed E-state index contributed by atoms with van der Waals surface area (Å²) in [6, 6.07) is 7.10. The first-order valence-corrected chi connectivity index (χ1v) is 9.51. The predicted octanol–water partition coefficient (Wildman–Crippen LogP) is 4.31. The number of nitrogens with zero attached hydrogens (tertiary/aromatic N) is 3. The van der Waals surface area contributed by atoms with Crippen LogP contribution in [0.2, 0.25) is 5.02 Å². The van der Waals surface area contributed by atoms with Crippen LogP contribution in [0.15, 0.2) is 34.3 Å². The molecule has 0 atom stereocenters. The molecule has 1 aromatic carbocycles. The van der Waals surface area contributed by atoms with Crippen LogP contribution in [0.1, 0.15) is 17.0 Å². The van der Waals surface area contributed by atoms with Crippen molar-refractivity contribution in [3.05, 3.63) is 51.1 Å². The molecular formula is C19H19ClN4O3S. The van der Waals surface area contributed by atoms with Crippen molar-refractivity contribution in [2.75, 3.05) is 7.11 Å². The molecule has 7 nitrogen and oxygen atoms in total. The predicted molar refractivity (Wildman–Crippen MR) is 110 cm³/mol. The summed E-state index contributed by atoms with van der Waals surface area (Å²) in [4.78, 5) is 16.2. The summed E-state index contributed by atoms with van der Waals surface area (Å²) < 4.78 is 7.33. The van der Waals surface area contributed by atoms with Crippen LogP contribution in [0.4, 0.5) is 0 Å². The van der Waals surface area contributed by atoms with Crippen LogP contribution >= 0.6 is 23.4 Å². The number of carboxylic acids is 1. The molecule has 2 N–H and O–H groups in total. The Bertz CT molecular complexity index is 1070. The average molecular weight is 419 g/mol. The van der Waals surface area contributed by atoms with Crippen LogP contribution in [-0.2, 0) is 11.8 Å². The molecule has 3 aromatic rings. The highest BCUT2D eigenvalue weighted by atomic mass is 35.5. The number of aryl methyl sites for hydroxylation is 1. The van der Waals surface area contributed by atoms with Crippen molar-refractivity contribution in [2.24, 2.45) is 7.05 Å². The lowest BCUT2D eigenvalue weighted by Crippen LogP contribution is -1.98. The summed E-state index contributed by atoms with van der Waals surface area (Å²) in [6.07, 6.45) is 1.63. The van der Waals surface area contributed by atoms with Gasteiger partial charge in [-0.25, -0.2) is 9.78 Å². The Hall–Kier alpha value is -2.71. The molecule has 146 valence electrons. The summed E-state index contributed by atoms with van der Waals surface area (Å²) >= 11 is 7.04. The zero-order valence-corrected chi connectivity index (χ0v) is 17.4. The van der Waals surface area contributed by atoms with Gasteiger partial charge in [-0.15, -0.1) is 5.10 Å². The fraction of sp³-hybridized carbons (Fsp3) is 0.211. The van der Waals surface area contributed by atoms with E-state index >= 15 is 0 Å². The van der Waals surface area contributed by atoms with Gasteiger partial charge < -0.3 is 14.4 Å². The molecule has 3 rings (SSSR count). The number of nitrogens with one attached hydrogen (secondary N) is 1. The molecule has 0 unspecified atom stereocenters. The van der Waals surface area contributed by atoms with Crippen LogP contribution in [0.5, 0.6) is 5.75 Å². The maximum atomic E-state index is 11.7. The van der Waals surface area contributed by atoms with E-state index in [9.17, 15) is 9.90 Å². The third-order valence-electron chi connectivity index (χ3n) is 4.39. The molecule has 0 fully saturated rings. The number of benzene rings is 1. The average Bonchev–Trinajstić information content (AvgIpc) is 3.22. The van der Waals surface area contributed by atoms with Gasteiger partial charge in [0.2, 0.25) is 5.16 Å². The smallest absolute Gasteiger partial charge is 0.342 e. The van der Waals surface area contributed by atoms with E-state index in [0.29, 0.717) is 22.2 Å². The molecule has 0 amide bonds. The number of thioether (sulfide) groups is 1. The molecule has 0 aliphatic heterocycles. The molecule has 0 saturated heterocycles. The Labute approximate surface area is 171 Å². The van der Waals surface area contributed by atoms with E-state index in [1.807, 2.05) is 31.5 Å². The van der Waals surface area contributed by atoms with Crippen LogP contribution in [0.3, 0.4) is 0 Å². The minimum atomic E-state index is -1.04. The van der Waals surface area contributed by atoms with E-state index < -0.39 is 5.97 Å². The third kappa shape index (κ3) is 4.07. The van der Waals surface area contributed by atoms with Gasteiger partial charge in [-0.2, -0.15) is 0 Å². The van der Waals surface area contributed by atoms with Gasteiger partial charge in [-0.3, -0.25) is 5.10 Å². The topological polar surface area (TPSA) is 93.0 Å². The van der Waals surface area contributed by atoms with E-state index in [2.05, 4.69) is 15.2 Å². The molecule has 0 radical (unpaired) electrons. The number of rotatable bonds is 6. The Morgan fingerprint density at radius 2 is 2.11 bits per heavy atom. The lowest BCUT2D eigenvalue weighted by atomic mass is 10.2. The summed E-state index contributed by atoms with van der Waals surface area (Å²) in [5, 5.41) is 17.4. The molecule has 0 spiro atoms. The van der Waals surface area contributed by atoms with Crippen molar-refractivity contribution >= 4 is 35.4 Å². The minimum absolute atomic E-state index is 0.123. The molecule has 2 aromatic heterocycles. The van der Waals surface area contributed by atoms with Crippen LogP contribution in [0, 0.1) is 13.8 Å². The summed E-state index contributed by atoms with van der Waals surface area (Å²) in [6.45, 7) is 3.91. The second-order valence-electron chi connectivity index (χ2n) is 6.11. The van der Waals surface area contributed by atoms with Crippen LogP contribution in [-0.4, -0.2) is 37.9 Å². The fourth-order valence-corrected chi connectivity index (χ4v) is 3.55. The Kier molecular flexibility index (Phi) is 5.81. The first-order chi connectivity index (χ1) is 13.3. The van der Waals surface area contributed by atoms with E-state index in [4.69, 9.17) is 16.3 Å². The van der Waals surface area contributed by atoms with Gasteiger partial charge in [0, 0.05) is 23.5 Å². The van der Waals surface area contributed by atoms with Gasteiger partial charge in [0.1, 0.15) is 10.7 Å². The normalized spacial score (nSPS) is 11.7. The fourth-order valence-electron chi connectivity index (χ4n) is 2.68. The maximum absolute atomic E-state index is 11.7. The standard InChI is InChI=1S/C19H19ClN4O3S/c1-10-7-12(11(2)24(10)3)8-16(18(25)26)28-19-21-17(22-23-19)14-9-13(20)5-6-15(14)27-4/h5-9H,1-4H3,(H,25,26)(H,21,22,23)/b16-8-. The number of methoxy groups -OCH3 is 1. The molecule has 9 heteroatoms. The largest absolute Gasteiger partial charge is 0.496 e. The Balaban J connectivity index is 1.92. The highest BCUT2D eigenvalue weighted by Crippen LogP contribution is 2.33. The van der Waals surface area contributed by atoms with Gasteiger partial charge in [0.25, 0.3) is 0 Å². The summed E-state index contributed by atoms with van der Waals surface area (Å²) in [7, 11) is 3.49. The first-order valence-electron chi connectivity index (χ1n) is 8.32. The number of hydrogen-bond donors (Lipinski definition) is 2. The number of H-pyrrole nitrogens is 1. The quantitative estimate of drug-likeness (QED) is 0.457. The lowest BCUT2D eigenvalue weighted by molar-refractivity contribution is -0.131. The Morgan fingerprint density at radius 3 is 2.71 bits per heavy atom. The van der Waals surface area contributed by atoms with E-state index in [0.717, 1.165) is 28.7 Å². The van der Waals surface area contributed by atoms with Crippen molar-refractivity contribution in [2.45, 2.75) is 19.0 Å². The highest BCUT2D eigenvalue weighted by Gasteiger charge is 2.17.